The fourth-order valence-electron chi connectivity index (χ4n) is 1.04. The number of nitrogens with zero attached hydrogens (tertiary/aromatic N) is 1. The van der Waals surface area contributed by atoms with Crippen LogP contribution in [-0.4, -0.2) is 12.0 Å². The molecular formula is C9H11F3N2. The lowest BCUT2D eigenvalue weighted by atomic mass is 10.1. The lowest BCUT2D eigenvalue weighted by molar-refractivity contribution is -0.141. The Bertz CT molecular complexity index is 309. The second-order valence-corrected chi connectivity index (χ2v) is 2.98. The topological polar surface area (TPSA) is 24.9 Å². The first kappa shape index (κ1) is 11.0. The number of hydrogen-bond acceptors (Lipinski definition) is 2. The maximum atomic E-state index is 12.3. The zero-order valence-electron chi connectivity index (χ0n) is 7.89. The minimum Gasteiger partial charge on any atom is -0.313 e. The molecule has 2 nitrogen and oxygen atoms in total. The summed E-state index contributed by atoms with van der Waals surface area (Å²) in [6.07, 6.45) is -3.20. The van der Waals surface area contributed by atoms with Gasteiger partial charge < -0.3 is 5.32 Å². The Morgan fingerprint density at radius 1 is 1.43 bits per heavy atom. The van der Waals surface area contributed by atoms with Crippen LogP contribution in [0.5, 0.6) is 0 Å². The van der Waals surface area contributed by atoms with Crippen LogP contribution in [0, 0.1) is 0 Å². The second kappa shape index (κ2) is 3.96. The van der Waals surface area contributed by atoms with Gasteiger partial charge in [0.05, 0.1) is 0 Å². The number of aromatic nitrogens is 1. The van der Waals surface area contributed by atoms with Gasteiger partial charge in [0.25, 0.3) is 0 Å². The van der Waals surface area contributed by atoms with Gasteiger partial charge in [0.2, 0.25) is 0 Å². The van der Waals surface area contributed by atoms with Crippen molar-refractivity contribution in [3.63, 3.8) is 0 Å². The third-order valence-corrected chi connectivity index (χ3v) is 2.01. The number of hydrogen-bond donors (Lipinski definition) is 1. The predicted octanol–water partition coefficient (Wildman–Crippen LogP) is 2.38. The smallest absolute Gasteiger partial charge is 0.313 e. The van der Waals surface area contributed by atoms with Crippen LogP contribution in [0.2, 0.25) is 0 Å². The van der Waals surface area contributed by atoms with Crippen molar-refractivity contribution < 1.29 is 13.2 Å². The van der Waals surface area contributed by atoms with Crippen LogP contribution in [0.15, 0.2) is 18.3 Å². The third kappa shape index (κ3) is 2.45. The molecule has 0 spiro atoms. The van der Waals surface area contributed by atoms with Crippen LogP contribution >= 0.6 is 0 Å². The number of halogens is 3. The van der Waals surface area contributed by atoms with E-state index in [0.717, 1.165) is 6.07 Å². The molecule has 1 atom stereocenters. The van der Waals surface area contributed by atoms with E-state index >= 15 is 0 Å². The largest absolute Gasteiger partial charge is 0.433 e. The Hall–Kier alpha value is -1.10. The molecule has 1 aromatic heterocycles. The summed E-state index contributed by atoms with van der Waals surface area (Å²) in [5, 5.41) is 2.86. The SMILES string of the molecule is CN[C@H](C)c1ccnc(C(F)(F)F)c1. The van der Waals surface area contributed by atoms with E-state index in [4.69, 9.17) is 0 Å². The van der Waals surface area contributed by atoms with E-state index in [9.17, 15) is 13.2 Å². The summed E-state index contributed by atoms with van der Waals surface area (Å²) in [7, 11) is 1.69. The highest BCUT2D eigenvalue weighted by molar-refractivity contribution is 5.21. The molecule has 0 fully saturated rings. The van der Waals surface area contributed by atoms with Gasteiger partial charge >= 0.3 is 6.18 Å². The molecule has 0 aliphatic rings. The minimum atomic E-state index is -4.37. The number of alkyl halides is 3. The van der Waals surface area contributed by atoms with Crippen molar-refractivity contribution in [2.45, 2.75) is 19.1 Å². The normalized spacial score (nSPS) is 14.1. The van der Waals surface area contributed by atoms with E-state index in [2.05, 4.69) is 10.3 Å². The van der Waals surface area contributed by atoms with Gasteiger partial charge in [-0.25, -0.2) is 0 Å². The average molecular weight is 204 g/mol. The van der Waals surface area contributed by atoms with Gasteiger partial charge in [-0.3, -0.25) is 4.98 Å². The molecule has 0 saturated heterocycles. The summed E-state index contributed by atoms with van der Waals surface area (Å²) in [5.41, 5.74) is -0.271. The van der Waals surface area contributed by atoms with Gasteiger partial charge in [0, 0.05) is 12.2 Å². The van der Waals surface area contributed by atoms with Crippen molar-refractivity contribution >= 4 is 0 Å². The molecule has 0 amide bonds. The van der Waals surface area contributed by atoms with Gasteiger partial charge in [0.1, 0.15) is 5.69 Å². The molecule has 0 aliphatic carbocycles. The quantitative estimate of drug-likeness (QED) is 0.800. The van der Waals surface area contributed by atoms with Gasteiger partial charge in [0.15, 0.2) is 0 Å². The molecular weight excluding hydrogens is 193 g/mol. The maximum absolute atomic E-state index is 12.3. The minimum absolute atomic E-state index is 0.112. The molecule has 1 heterocycles. The van der Waals surface area contributed by atoms with Crippen molar-refractivity contribution in [1.82, 2.24) is 10.3 Å². The van der Waals surface area contributed by atoms with Crippen LogP contribution in [0.25, 0.3) is 0 Å². The third-order valence-electron chi connectivity index (χ3n) is 2.01. The van der Waals surface area contributed by atoms with Gasteiger partial charge in [-0.15, -0.1) is 0 Å². The number of pyridine rings is 1. The molecule has 0 aliphatic heterocycles. The standard InChI is InChI=1S/C9H11F3N2/c1-6(13-2)7-3-4-14-8(5-7)9(10,11)12/h3-6,13H,1-2H3/t6-/m1/s1. The Balaban J connectivity index is 3.01. The summed E-state index contributed by atoms with van der Waals surface area (Å²) >= 11 is 0. The van der Waals surface area contributed by atoms with E-state index in [1.165, 1.54) is 6.20 Å². The lowest BCUT2D eigenvalue weighted by Gasteiger charge is -2.12. The molecule has 5 heteroatoms. The first-order valence-electron chi connectivity index (χ1n) is 4.15. The molecule has 1 N–H and O–H groups in total. The summed E-state index contributed by atoms with van der Waals surface area (Å²) in [5.74, 6) is 0. The highest BCUT2D eigenvalue weighted by Crippen LogP contribution is 2.28. The summed E-state index contributed by atoms with van der Waals surface area (Å²) in [6, 6.07) is 2.51. The van der Waals surface area contributed by atoms with Crippen LogP contribution in [0.4, 0.5) is 13.2 Å². The van der Waals surface area contributed by atoms with E-state index in [1.807, 2.05) is 0 Å². The maximum Gasteiger partial charge on any atom is 0.433 e. The highest BCUT2D eigenvalue weighted by Gasteiger charge is 2.32. The number of nitrogens with one attached hydrogen (secondary N) is 1. The molecule has 1 rings (SSSR count). The van der Waals surface area contributed by atoms with Crippen LogP contribution < -0.4 is 5.32 Å². The Kier molecular flexibility index (Phi) is 3.10. The van der Waals surface area contributed by atoms with Crippen LogP contribution in [-0.2, 0) is 6.18 Å². The summed E-state index contributed by atoms with van der Waals surface area (Å²) in [6.45, 7) is 1.79. The fourth-order valence-corrected chi connectivity index (χ4v) is 1.04. The van der Waals surface area contributed by atoms with E-state index in [0.29, 0.717) is 5.56 Å². The molecule has 0 bridgehead atoms. The average Bonchev–Trinajstić information content (AvgIpc) is 2.15. The van der Waals surface area contributed by atoms with E-state index in [-0.39, 0.29) is 6.04 Å². The molecule has 0 saturated carbocycles. The summed E-state index contributed by atoms with van der Waals surface area (Å²) < 4.78 is 36.8. The molecule has 78 valence electrons. The molecule has 14 heavy (non-hydrogen) atoms. The van der Waals surface area contributed by atoms with Crippen molar-refractivity contribution in [1.29, 1.82) is 0 Å². The molecule has 0 unspecified atom stereocenters. The first-order valence-corrected chi connectivity index (χ1v) is 4.15. The predicted molar refractivity (Wildman–Crippen MR) is 46.7 cm³/mol. The van der Waals surface area contributed by atoms with Crippen LogP contribution in [0.1, 0.15) is 24.2 Å². The number of rotatable bonds is 2. The van der Waals surface area contributed by atoms with Crippen molar-refractivity contribution in [3.8, 4) is 0 Å². The first-order chi connectivity index (χ1) is 6.45. The van der Waals surface area contributed by atoms with Gasteiger partial charge in [-0.1, -0.05) is 0 Å². The molecule has 0 aromatic carbocycles. The fraction of sp³-hybridized carbons (Fsp3) is 0.444. The zero-order valence-corrected chi connectivity index (χ0v) is 7.89. The molecule has 0 radical (unpaired) electrons. The second-order valence-electron chi connectivity index (χ2n) is 2.98. The Labute approximate surface area is 80.2 Å². The van der Waals surface area contributed by atoms with Crippen molar-refractivity contribution in [2.24, 2.45) is 0 Å². The van der Waals surface area contributed by atoms with E-state index < -0.39 is 11.9 Å². The van der Waals surface area contributed by atoms with Crippen molar-refractivity contribution in [2.75, 3.05) is 7.05 Å². The van der Waals surface area contributed by atoms with E-state index in [1.54, 1.807) is 20.0 Å². The Morgan fingerprint density at radius 2 is 2.07 bits per heavy atom. The Morgan fingerprint density at radius 3 is 2.57 bits per heavy atom. The zero-order chi connectivity index (χ0) is 10.8. The molecule has 1 aromatic rings. The lowest BCUT2D eigenvalue weighted by Crippen LogP contribution is -2.14. The van der Waals surface area contributed by atoms with Gasteiger partial charge in [-0.2, -0.15) is 13.2 Å². The highest BCUT2D eigenvalue weighted by atomic mass is 19.4. The summed E-state index contributed by atoms with van der Waals surface area (Å²) in [4.78, 5) is 3.27. The van der Waals surface area contributed by atoms with Gasteiger partial charge in [-0.05, 0) is 31.7 Å². The van der Waals surface area contributed by atoms with Crippen LogP contribution in [0.3, 0.4) is 0 Å². The van der Waals surface area contributed by atoms with Crippen molar-refractivity contribution in [3.05, 3.63) is 29.6 Å². The monoisotopic (exact) mass is 204 g/mol.